The van der Waals surface area contributed by atoms with Gasteiger partial charge in [-0.05, 0) is 54.1 Å². The second-order valence-electron chi connectivity index (χ2n) is 7.03. The zero-order valence-electron chi connectivity index (χ0n) is 16.2. The molecule has 3 heterocycles. The smallest absolute Gasteiger partial charge is 0.243 e. The fourth-order valence-corrected chi connectivity index (χ4v) is 6.08. The summed E-state index contributed by atoms with van der Waals surface area (Å²) in [4.78, 5) is 16.8. The number of aromatic nitrogens is 2. The molecule has 1 atom stereocenters. The molecule has 1 unspecified atom stereocenters. The van der Waals surface area contributed by atoms with Crippen molar-refractivity contribution in [2.75, 3.05) is 18.8 Å². The van der Waals surface area contributed by atoms with Crippen molar-refractivity contribution in [3.05, 3.63) is 54.4 Å². The van der Waals surface area contributed by atoms with Crippen LogP contribution in [0.25, 0.3) is 11.0 Å². The number of carbonyl (C=O) groups excluding carboxylic acids is 1. The van der Waals surface area contributed by atoms with Crippen LogP contribution in [0.2, 0.25) is 0 Å². The molecule has 0 radical (unpaired) electrons. The van der Waals surface area contributed by atoms with Gasteiger partial charge >= 0.3 is 0 Å². The molecule has 8 heteroatoms. The summed E-state index contributed by atoms with van der Waals surface area (Å²) in [6.07, 6.45) is 5.25. The van der Waals surface area contributed by atoms with E-state index in [1.165, 1.54) is 0 Å². The van der Waals surface area contributed by atoms with Crippen LogP contribution >= 0.6 is 11.8 Å². The summed E-state index contributed by atoms with van der Waals surface area (Å²) < 4.78 is 29.6. The maximum atomic E-state index is 13.1. The standard InChI is InChI=1S/C21H23N3O3S2/c1-2-28-17-5-7-18(8-6-17)29(26,27)24-11-9-16(14-24)20-15-23(12-13-25)21-19(20)4-3-10-22-21/h3-8,10,13,15-16H,2,9,11-12,14H2,1H3. The number of sulfonamides is 1. The molecular formula is C21H23N3O3S2. The lowest BCUT2D eigenvalue weighted by Crippen LogP contribution is -2.28. The third-order valence-electron chi connectivity index (χ3n) is 5.30. The summed E-state index contributed by atoms with van der Waals surface area (Å²) in [5, 5.41) is 0.986. The summed E-state index contributed by atoms with van der Waals surface area (Å²) in [6.45, 7) is 3.23. The van der Waals surface area contributed by atoms with Gasteiger partial charge in [-0.1, -0.05) is 6.92 Å². The second-order valence-corrected chi connectivity index (χ2v) is 10.3. The SMILES string of the molecule is CCSc1ccc(S(=O)(=O)N2CCC(c3cn(CC=O)c4ncccc34)C2)cc1. The van der Waals surface area contributed by atoms with Crippen LogP contribution in [0, 0.1) is 0 Å². The largest absolute Gasteiger partial charge is 0.325 e. The van der Waals surface area contributed by atoms with E-state index < -0.39 is 10.0 Å². The minimum Gasteiger partial charge on any atom is -0.325 e. The number of rotatable bonds is 7. The number of hydrogen-bond acceptors (Lipinski definition) is 5. The van der Waals surface area contributed by atoms with E-state index in [4.69, 9.17) is 0 Å². The third kappa shape index (κ3) is 3.84. The first-order valence-corrected chi connectivity index (χ1v) is 12.1. The van der Waals surface area contributed by atoms with Crippen LogP contribution < -0.4 is 0 Å². The lowest BCUT2D eigenvalue weighted by Gasteiger charge is -2.17. The van der Waals surface area contributed by atoms with Crippen molar-refractivity contribution < 1.29 is 13.2 Å². The Balaban J connectivity index is 1.59. The van der Waals surface area contributed by atoms with Crippen LogP contribution in [0.5, 0.6) is 0 Å². The number of fused-ring (bicyclic) bond motifs is 1. The Morgan fingerprint density at radius 1 is 1.24 bits per heavy atom. The molecule has 0 spiro atoms. The Morgan fingerprint density at radius 3 is 2.76 bits per heavy atom. The van der Waals surface area contributed by atoms with Gasteiger partial charge in [-0.2, -0.15) is 4.31 Å². The fourth-order valence-electron chi connectivity index (χ4n) is 3.92. The van der Waals surface area contributed by atoms with Crippen LogP contribution in [0.3, 0.4) is 0 Å². The zero-order valence-corrected chi connectivity index (χ0v) is 17.8. The van der Waals surface area contributed by atoms with Crippen LogP contribution in [0.4, 0.5) is 0 Å². The Labute approximate surface area is 175 Å². The molecule has 1 aliphatic heterocycles. The summed E-state index contributed by atoms with van der Waals surface area (Å²) in [6, 6.07) is 11.0. The summed E-state index contributed by atoms with van der Waals surface area (Å²) in [5.41, 5.74) is 1.82. The highest BCUT2D eigenvalue weighted by molar-refractivity contribution is 7.99. The molecule has 29 heavy (non-hydrogen) atoms. The number of nitrogens with zero attached hydrogens (tertiary/aromatic N) is 3. The average Bonchev–Trinajstić information content (AvgIpc) is 3.35. The van der Waals surface area contributed by atoms with Crippen LogP contribution in [-0.2, 0) is 21.4 Å². The van der Waals surface area contributed by atoms with Gasteiger partial charge in [0.1, 0.15) is 11.9 Å². The minimum absolute atomic E-state index is 0.0827. The predicted octanol–water partition coefficient (Wildman–Crippen LogP) is 3.53. The van der Waals surface area contributed by atoms with Crippen LogP contribution in [0.1, 0.15) is 24.8 Å². The molecule has 3 aromatic rings. The van der Waals surface area contributed by atoms with Crippen molar-refractivity contribution in [2.45, 2.75) is 35.6 Å². The van der Waals surface area contributed by atoms with Gasteiger partial charge in [0.2, 0.25) is 10.0 Å². The zero-order chi connectivity index (χ0) is 20.4. The molecular weight excluding hydrogens is 406 g/mol. The van der Waals surface area contributed by atoms with E-state index in [1.807, 2.05) is 35.0 Å². The van der Waals surface area contributed by atoms with E-state index >= 15 is 0 Å². The van der Waals surface area contributed by atoms with Crippen molar-refractivity contribution in [1.29, 1.82) is 0 Å². The van der Waals surface area contributed by atoms with E-state index in [-0.39, 0.29) is 12.5 Å². The summed E-state index contributed by atoms with van der Waals surface area (Å²) in [5.74, 6) is 1.03. The van der Waals surface area contributed by atoms with Gasteiger partial charge in [0.25, 0.3) is 0 Å². The van der Waals surface area contributed by atoms with Gasteiger partial charge in [0, 0.05) is 41.7 Å². The molecule has 0 saturated carbocycles. The Morgan fingerprint density at radius 2 is 2.03 bits per heavy atom. The number of hydrogen-bond donors (Lipinski definition) is 0. The summed E-state index contributed by atoms with van der Waals surface area (Å²) >= 11 is 1.69. The van der Waals surface area contributed by atoms with E-state index in [9.17, 15) is 13.2 Å². The van der Waals surface area contributed by atoms with E-state index in [0.717, 1.165) is 40.0 Å². The Bertz CT molecular complexity index is 1120. The monoisotopic (exact) mass is 429 g/mol. The number of carbonyl (C=O) groups is 1. The van der Waals surface area contributed by atoms with Gasteiger partial charge in [0.15, 0.2) is 0 Å². The molecule has 0 aliphatic carbocycles. The molecule has 2 aromatic heterocycles. The first kappa shape index (κ1) is 20.1. The molecule has 1 fully saturated rings. The molecule has 4 rings (SSSR count). The lowest BCUT2D eigenvalue weighted by molar-refractivity contribution is -0.108. The Kier molecular flexibility index (Phi) is 5.76. The van der Waals surface area contributed by atoms with Crippen molar-refractivity contribution in [2.24, 2.45) is 0 Å². The maximum absolute atomic E-state index is 13.1. The van der Waals surface area contributed by atoms with E-state index in [0.29, 0.717) is 18.0 Å². The van der Waals surface area contributed by atoms with Gasteiger partial charge in [-0.25, -0.2) is 13.4 Å². The van der Waals surface area contributed by atoms with E-state index in [2.05, 4.69) is 11.9 Å². The van der Waals surface area contributed by atoms with Crippen LogP contribution in [0.15, 0.2) is 58.6 Å². The van der Waals surface area contributed by atoms with Gasteiger partial charge < -0.3 is 9.36 Å². The summed E-state index contributed by atoms with van der Waals surface area (Å²) in [7, 11) is -3.52. The Hall–Kier alpha value is -2.16. The highest BCUT2D eigenvalue weighted by Crippen LogP contribution is 2.35. The van der Waals surface area contributed by atoms with Crippen LogP contribution in [-0.4, -0.2) is 47.4 Å². The van der Waals surface area contributed by atoms with Gasteiger partial charge in [-0.15, -0.1) is 11.8 Å². The average molecular weight is 430 g/mol. The van der Waals surface area contributed by atoms with Gasteiger partial charge in [-0.3, -0.25) is 0 Å². The molecule has 152 valence electrons. The normalized spacial score (nSPS) is 17.8. The molecule has 1 aromatic carbocycles. The topological polar surface area (TPSA) is 72.3 Å². The predicted molar refractivity (Wildman–Crippen MR) is 115 cm³/mol. The fraction of sp³-hybridized carbons (Fsp3) is 0.333. The molecule has 0 N–H and O–H groups in total. The second kappa shape index (κ2) is 8.30. The number of benzene rings is 1. The van der Waals surface area contributed by atoms with E-state index in [1.54, 1.807) is 34.4 Å². The molecule has 6 nitrogen and oxygen atoms in total. The first-order valence-electron chi connectivity index (χ1n) is 9.65. The first-order chi connectivity index (χ1) is 14.0. The number of aldehydes is 1. The highest BCUT2D eigenvalue weighted by Gasteiger charge is 2.34. The quantitative estimate of drug-likeness (QED) is 0.424. The van der Waals surface area contributed by atoms with Crippen molar-refractivity contribution in [3.8, 4) is 0 Å². The number of pyridine rings is 1. The van der Waals surface area contributed by atoms with Gasteiger partial charge in [0.05, 0.1) is 11.4 Å². The molecule has 1 aliphatic rings. The number of thioether (sulfide) groups is 1. The maximum Gasteiger partial charge on any atom is 0.243 e. The third-order valence-corrected chi connectivity index (χ3v) is 8.07. The molecule has 0 bridgehead atoms. The van der Waals surface area contributed by atoms with Crippen molar-refractivity contribution >= 4 is 39.1 Å². The minimum atomic E-state index is -3.52. The van der Waals surface area contributed by atoms with Crippen molar-refractivity contribution in [3.63, 3.8) is 0 Å². The molecule has 0 amide bonds. The molecule has 1 saturated heterocycles. The highest BCUT2D eigenvalue weighted by atomic mass is 32.2. The van der Waals surface area contributed by atoms with Crippen molar-refractivity contribution in [1.82, 2.24) is 13.9 Å². The lowest BCUT2D eigenvalue weighted by atomic mass is 9.99.